The first-order valence-corrected chi connectivity index (χ1v) is 6.72. The molecule has 23 heavy (non-hydrogen) atoms. The second-order valence-electron chi connectivity index (χ2n) is 4.77. The van der Waals surface area contributed by atoms with Gasteiger partial charge in [0.2, 0.25) is 11.2 Å². The van der Waals surface area contributed by atoms with Gasteiger partial charge < -0.3 is 14.3 Å². The maximum atomic E-state index is 13.1. The van der Waals surface area contributed by atoms with Crippen LogP contribution in [0.3, 0.4) is 0 Å². The highest BCUT2D eigenvalue weighted by Crippen LogP contribution is 2.30. The molecule has 0 radical (unpaired) electrons. The van der Waals surface area contributed by atoms with E-state index in [9.17, 15) is 14.0 Å². The summed E-state index contributed by atoms with van der Waals surface area (Å²) in [6.45, 7) is -0.683. The molecule has 3 rings (SSSR count). The lowest BCUT2D eigenvalue weighted by molar-refractivity contribution is -0.139. The highest BCUT2D eigenvalue weighted by Gasteiger charge is 2.18. The lowest BCUT2D eigenvalue weighted by Gasteiger charge is -2.10. The number of carbonyl (C=O) groups is 1. The molecule has 5 nitrogen and oxygen atoms in total. The molecule has 116 valence electrons. The minimum atomic E-state index is -1.22. The van der Waals surface area contributed by atoms with Crippen LogP contribution in [0, 0.1) is 5.82 Å². The molecule has 0 unspecified atom stereocenters. The minimum Gasteiger partial charge on any atom is -0.479 e. The van der Waals surface area contributed by atoms with Gasteiger partial charge in [-0.25, -0.2) is 9.18 Å². The molecule has 1 aromatic heterocycles. The van der Waals surface area contributed by atoms with E-state index in [1.165, 1.54) is 24.3 Å². The zero-order valence-corrected chi connectivity index (χ0v) is 11.8. The number of fused-ring (bicyclic) bond motifs is 1. The van der Waals surface area contributed by atoms with Gasteiger partial charge in [0.15, 0.2) is 12.4 Å². The van der Waals surface area contributed by atoms with Crippen molar-refractivity contribution in [1.82, 2.24) is 0 Å². The average Bonchev–Trinajstić information content (AvgIpc) is 2.54. The lowest BCUT2D eigenvalue weighted by atomic mass is 10.1. The van der Waals surface area contributed by atoms with Gasteiger partial charge in [-0.05, 0) is 36.4 Å². The van der Waals surface area contributed by atoms with Crippen LogP contribution in [-0.2, 0) is 4.79 Å². The van der Waals surface area contributed by atoms with Gasteiger partial charge in [-0.2, -0.15) is 0 Å². The number of benzene rings is 2. The van der Waals surface area contributed by atoms with Crippen molar-refractivity contribution in [3.8, 4) is 17.1 Å². The molecule has 0 bridgehead atoms. The highest BCUT2D eigenvalue weighted by atomic mass is 19.1. The average molecular weight is 314 g/mol. The van der Waals surface area contributed by atoms with Crippen LogP contribution in [0.25, 0.3) is 22.3 Å². The summed E-state index contributed by atoms with van der Waals surface area (Å²) >= 11 is 0. The van der Waals surface area contributed by atoms with E-state index in [1.807, 2.05) is 0 Å². The molecule has 0 aliphatic carbocycles. The number of rotatable bonds is 4. The topological polar surface area (TPSA) is 76.7 Å². The van der Waals surface area contributed by atoms with Crippen LogP contribution in [0.2, 0.25) is 0 Å². The van der Waals surface area contributed by atoms with Crippen molar-refractivity contribution in [2.45, 2.75) is 0 Å². The summed E-state index contributed by atoms with van der Waals surface area (Å²) in [5.74, 6) is -1.81. The quantitative estimate of drug-likeness (QED) is 0.801. The first kappa shape index (κ1) is 14.8. The van der Waals surface area contributed by atoms with E-state index in [0.29, 0.717) is 11.1 Å². The molecule has 0 atom stereocenters. The van der Waals surface area contributed by atoms with Gasteiger partial charge in [0, 0.05) is 5.56 Å². The molecule has 3 aromatic rings. The molecule has 1 heterocycles. The SMILES string of the molecule is O=C(O)COc1c(-c2ccc(F)cc2)oc2ccccc2c1=O. The van der Waals surface area contributed by atoms with Gasteiger partial charge in [0.05, 0.1) is 5.39 Å². The van der Waals surface area contributed by atoms with Crippen molar-refractivity contribution < 1.29 is 23.4 Å². The third kappa shape index (κ3) is 2.91. The number of para-hydroxylation sites is 1. The largest absolute Gasteiger partial charge is 0.479 e. The number of ether oxygens (including phenoxy) is 1. The Kier molecular flexibility index (Phi) is 3.80. The Morgan fingerprint density at radius 1 is 1.13 bits per heavy atom. The Balaban J connectivity index is 2.24. The van der Waals surface area contributed by atoms with E-state index in [1.54, 1.807) is 24.3 Å². The van der Waals surface area contributed by atoms with E-state index < -0.39 is 23.8 Å². The van der Waals surface area contributed by atoms with Gasteiger partial charge in [-0.1, -0.05) is 12.1 Å². The van der Waals surface area contributed by atoms with Crippen LogP contribution < -0.4 is 10.2 Å². The van der Waals surface area contributed by atoms with E-state index in [2.05, 4.69) is 0 Å². The maximum absolute atomic E-state index is 13.1. The summed E-state index contributed by atoms with van der Waals surface area (Å²) in [4.78, 5) is 23.3. The Hall–Kier alpha value is -3.15. The summed E-state index contributed by atoms with van der Waals surface area (Å²) in [5, 5.41) is 9.05. The van der Waals surface area contributed by atoms with Crippen molar-refractivity contribution in [2.24, 2.45) is 0 Å². The molecule has 0 saturated carbocycles. The molecule has 6 heteroatoms. The van der Waals surface area contributed by atoms with Crippen LogP contribution >= 0.6 is 0 Å². The molecule has 0 aliphatic rings. The predicted molar refractivity (Wildman–Crippen MR) is 81.0 cm³/mol. The zero-order chi connectivity index (χ0) is 16.4. The molecular formula is C17H11FO5. The van der Waals surface area contributed by atoms with Crippen molar-refractivity contribution in [1.29, 1.82) is 0 Å². The predicted octanol–water partition coefficient (Wildman–Crippen LogP) is 3.06. The molecule has 0 amide bonds. The Bertz CT molecular complexity index is 928. The first-order chi connectivity index (χ1) is 11.1. The van der Waals surface area contributed by atoms with Crippen LogP contribution in [0.5, 0.6) is 5.75 Å². The maximum Gasteiger partial charge on any atom is 0.341 e. The van der Waals surface area contributed by atoms with Gasteiger partial charge in [0.25, 0.3) is 0 Å². The van der Waals surface area contributed by atoms with Crippen molar-refractivity contribution in [2.75, 3.05) is 6.61 Å². The fourth-order valence-electron chi connectivity index (χ4n) is 2.18. The van der Waals surface area contributed by atoms with Gasteiger partial charge in [0.1, 0.15) is 11.4 Å². The smallest absolute Gasteiger partial charge is 0.341 e. The molecular weight excluding hydrogens is 303 g/mol. The second kappa shape index (κ2) is 5.92. The van der Waals surface area contributed by atoms with E-state index >= 15 is 0 Å². The van der Waals surface area contributed by atoms with Crippen molar-refractivity contribution in [3.05, 3.63) is 64.6 Å². The number of aliphatic carboxylic acids is 1. The normalized spacial score (nSPS) is 10.7. The van der Waals surface area contributed by atoms with E-state index in [-0.39, 0.29) is 16.9 Å². The fraction of sp³-hybridized carbons (Fsp3) is 0.0588. The summed E-state index contributed by atoms with van der Waals surface area (Å²) in [6, 6.07) is 11.8. The van der Waals surface area contributed by atoms with Gasteiger partial charge in [-0.15, -0.1) is 0 Å². The van der Waals surface area contributed by atoms with Crippen LogP contribution in [-0.4, -0.2) is 17.7 Å². The van der Waals surface area contributed by atoms with Crippen LogP contribution in [0.1, 0.15) is 0 Å². The molecule has 0 aliphatic heterocycles. The first-order valence-electron chi connectivity index (χ1n) is 6.72. The number of halogens is 1. The lowest BCUT2D eigenvalue weighted by Crippen LogP contribution is -2.16. The summed E-state index contributed by atoms with van der Waals surface area (Å²) < 4.78 is 23.9. The zero-order valence-electron chi connectivity index (χ0n) is 11.8. The molecule has 0 saturated heterocycles. The van der Waals surface area contributed by atoms with Gasteiger partial charge in [-0.3, -0.25) is 4.79 Å². The second-order valence-corrected chi connectivity index (χ2v) is 4.77. The Labute approximate surface area is 129 Å². The van der Waals surface area contributed by atoms with Gasteiger partial charge >= 0.3 is 5.97 Å². The molecule has 0 spiro atoms. The third-order valence-corrected chi connectivity index (χ3v) is 3.20. The molecule has 1 N–H and O–H groups in total. The Morgan fingerprint density at radius 3 is 2.52 bits per heavy atom. The third-order valence-electron chi connectivity index (χ3n) is 3.20. The summed E-state index contributed by atoms with van der Waals surface area (Å²) in [7, 11) is 0. The fourth-order valence-corrected chi connectivity index (χ4v) is 2.18. The molecule has 0 fully saturated rings. The Morgan fingerprint density at radius 2 is 1.83 bits per heavy atom. The monoisotopic (exact) mass is 314 g/mol. The standard InChI is InChI=1S/C17H11FO5/c18-11-7-5-10(6-8-11)16-17(22-9-14(19)20)15(21)12-3-1-2-4-13(12)23-16/h1-8H,9H2,(H,19,20). The number of carboxylic acid groups (broad SMARTS) is 1. The number of hydrogen-bond donors (Lipinski definition) is 1. The summed E-state index contributed by atoms with van der Waals surface area (Å²) in [5.41, 5.74) is 0.265. The molecule has 2 aromatic carbocycles. The highest BCUT2D eigenvalue weighted by molar-refractivity contribution is 5.82. The minimum absolute atomic E-state index is 0.0648. The van der Waals surface area contributed by atoms with Crippen LogP contribution in [0.4, 0.5) is 4.39 Å². The number of hydrogen-bond acceptors (Lipinski definition) is 4. The van der Waals surface area contributed by atoms with Crippen LogP contribution in [0.15, 0.2) is 57.7 Å². The van der Waals surface area contributed by atoms with E-state index in [0.717, 1.165) is 0 Å². The summed E-state index contributed by atoms with van der Waals surface area (Å²) in [6.07, 6.45) is 0. The van der Waals surface area contributed by atoms with Crippen molar-refractivity contribution >= 4 is 16.9 Å². The van der Waals surface area contributed by atoms with E-state index in [4.69, 9.17) is 14.3 Å². The number of carboxylic acids is 1. The van der Waals surface area contributed by atoms with Crippen molar-refractivity contribution in [3.63, 3.8) is 0 Å².